The van der Waals surface area contributed by atoms with E-state index in [1.54, 1.807) is 6.07 Å². The lowest BCUT2D eigenvalue weighted by atomic mass is 9.99. The molecule has 2 N–H and O–H groups in total. The highest BCUT2D eigenvalue weighted by atomic mass is 35.5. The quantitative estimate of drug-likeness (QED) is 0.848. The Morgan fingerprint density at radius 3 is 3.00 bits per heavy atom. The molecule has 0 spiro atoms. The molecule has 1 aromatic heterocycles. The highest BCUT2D eigenvalue weighted by Gasteiger charge is 2.21. The number of aliphatic hydroxyl groups excluding tert-OH is 1. The number of halogens is 2. The van der Waals surface area contributed by atoms with E-state index in [-0.39, 0.29) is 24.4 Å². The number of nitrogens with one attached hydrogen (secondary N) is 1. The summed E-state index contributed by atoms with van der Waals surface area (Å²) in [7, 11) is 0. The fourth-order valence-electron chi connectivity index (χ4n) is 3.17. The van der Waals surface area contributed by atoms with Crippen molar-refractivity contribution in [3.63, 3.8) is 0 Å². The molecule has 1 aromatic carbocycles. The van der Waals surface area contributed by atoms with Gasteiger partial charge in [0, 0.05) is 30.8 Å². The van der Waals surface area contributed by atoms with Gasteiger partial charge in [-0.2, -0.15) is 0 Å². The van der Waals surface area contributed by atoms with Crippen LogP contribution in [0.2, 0.25) is 5.02 Å². The Hall–Kier alpha value is -1.92. The molecule has 1 fully saturated rings. The van der Waals surface area contributed by atoms with Crippen molar-refractivity contribution in [2.75, 3.05) is 29.9 Å². The molecule has 1 saturated heterocycles. The molecule has 2 atom stereocenters. The zero-order valence-corrected chi connectivity index (χ0v) is 14.9. The van der Waals surface area contributed by atoms with E-state index in [0.717, 1.165) is 37.3 Å². The minimum Gasteiger partial charge on any atom is -0.396 e. The van der Waals surface area contributed by atoms with Gasteiger partial charge in [0.2, 0.25) is 0 Å². The Bertz CT molecular complexity index is 730. The zero-order valence-electron chi connectivity index (χ0n) is 14.1. The number of rotatable bonds is 5. The van der Waals surface area contributed by atoms with Crippen molar-refractivity contribution in [2.45, 2.75) is 25.8 Å². The number of hydrogen-bond acceptors (Lipinski definition) is 5. The Morgan fingerprint density at radius 1 is 1.40 bits per heavy atom. The van der Waals surface area contributed by atoms with Crippen LogP contribution < -0.4 is 10.2 Å². The van der Waals surface area contributed by atoms with Crippen LogP contribution in [0.1, 0.15) is 31.4 Å². The Morgan fingerprint density at radius 2 is 2.24 bits per heavy atom. The summed E-state index contributed by atoms with van der Waals surface area (Å²) in [5, 5.41) is 13.1. The van der Waals surface area contributed by atoms with Gasteiger partial charge in [-0.05, 0) is 43.4 Å². The molecule has 0 saturated carbocycles. The smallest absolute Gasteiger partial charge is 0.134 e. The van der Waals surface area contributed by atoms with E-state index in [2.05, 4.69) is 20.2 Å². The number of hydrogen-bond donors (Lipinski definition) is 2. The summed E-state index contributed by atoms with van der Waals surface area (Å²) in [6.07, 6.45) is 3.61. The Balaban J connectivity index is 1.73. The maximum atomic E-state index is 13.2. The molecular weight excluding hydrogens is 343 g/mol. The molecule has 0 amide bonds. The molecule has 1 aliphatic rings. The average Bonchev–Trinajstić information content (AvgIpc) is 2.62. The van der Waals surface area contributed by atoms with E-state index in [1.807, 2.05) is 13.0 Å². The van der Waals surface area contributed by atoms with Crippen molar-refractivity contribution in [1.82, 2.24) is 9.97 Å². The van der Waals surface area contributed by atoms with Gasteiger partial charge >= 0.3 is 0 Å². The molecule has 2 unspecified atom stereocenters. The predicted octanol–water partition coefficient (Wildman–Crippen LogP) is 3.65. The predicted molar refractivity (Wildman–Crippen MR) is 97.5 cm³/mol. The van der Waals surface area contributed by atoms with E-state index >= 15 is 0 Å². The molecule has 1 aliphatic heterocycles. The summed E-state index contributed by atoms with van der Waals surface area (Å²) in [5.74, 6) is 1.46. The number of aromatic nitrogens is 2. The normalized spacial score (nSPS) is 18.9. The molecular formula is C18H22ClFN4O. The lowest BCUT2D eigenvalue weighted by Crippen LogP contribution is -2.37. The second kappa shape index (κ2) is 7.97. The average molecular weight is 365 g/mol. The van der Waals surface area contributed by atoms with Crippen LogP contribution >= 0.6 is 11.6 Å². The number of piperidine rings is 1. The largest absolute Gasteiger partial charge is 0.396 e. The molecule has 7 heteroatoms. The SMILES string of the molecule is CC(Nc1cc(N2CCCC(CO)C2)ncn1)c1ccc(F)cc1Cl. The van der Waals surface area contributed by atoms with Gasteiger partial charge in [0.15, 0.2) is 0 Å². The summed E-state index contributed by atoms with van der Waals surface area (Å²) >= 11 is 6.13. The summed E-state index contributed by atoms with van der Waals surface area (Å²) in [6.45, 7) is 3.87. The van der Waals surface area contributed by atoms with Gasteiger partial charge in [-0.3, -0.25) is 0 Å². The van der Waals surface area contributed by atoms with Gasteiger partial charge in [0.25, 0.3) is 0 Å². The number of aliphatic hydroxyl groups is 1. The van der Waals surface area contributed by atoms with E-state index in [1.165, 1.54) is 18.5 Å². The second-order valence-corrected chi connectivity index (χ2v) is 6.84. The first kappa shape index (κ1) is 17.9. The molecule has 0 radical (unpaired) electrons. The molecule has 0 bridgehead atoms. The third kappa shape index (κ3) is 4.38. The van der Waals surface area contributed by atoms with Crippen LogP contribution in [0.3, 0.4) is 0 Å². The first-order chi connectivity index (χ1) is 12.1. The highest BCUT2D eigenvalue weighted by molar-refractivity contribution is 6.31. The highest BCUT2D eigenvalue weighted by Crippen LogP contribution is 2.27. The molecule has 0 aliphatic carbocycles. The molecule has 134 valence electrons. The van der Waals surface area contributed by atoms with Gasteiger partial charge in [-0.1, -0.05) is 17.7 Å². The van der Waals surface area contributed by atoms with Crippen LogP contribution in [0, 0.1) is 11.7 Å². The zero-order chi connectivity index (χ0) is 17.8. The van der Waals surface area contributed by atoms with Crippen molar-refractivity contribution in [3.05, 3.63) is 47.0 Å². The summed E-state index contributed by atoms with van der Waals surface area (Å²) in [4.78, 5) is 10.8. The fourth-order valence-corrected chi connectivity index (χ4v) is 3.50. The molecule has 2 heterocycles. The van der Waals surface area contributed by atoms with Crippen LogP contribution in [0.25, 0.3) is 0 Å². The fraction of sp³-hybridized carbons (Fsp3) is 0.444. The van der Waals surface area contributed by atoms with Gasteiger partial charge in [0.05, 0.1) is 6.04 Å². The molecule has 5 nitrogen and oxygen atoms in total. The van der Waals surface area contributed by atoms with Gasteiger partial charge < -0.3 is 15.3 Å². The van der Waals surface area contributed by atoms with Crippen molar-refractivity contribution < 1.29 is 9.50 Å². The second-order valence-electron chi connectivity index (χ2n) is 6.43. The van der Waals surface area contributed by atoms with Crippen LogP contribution in [0.4, 0.5) is 16.0 Å². The summed E-state index contributed by atoms with van der Waals surface area (Å²) < 4.78 is 13.2. The van der Waals surface area contributed by atoms with Crippen molar-refractivity contribution in [3.8, 4) is 0 Å². The molecule has 2 aromatic rings. The minimum atomic E-state index is -0.353. The van der Waals surface area contributed by atoms with Crippen molar-refractivity contribution >= 4 is 23.2 Å². The van der Waals surface area contributed by atoms with Gasteiger partial charge in [-0.25, -0.2) is 14.4 Å². The van der Waals surface area contributed by atoms with E-state index < -0.39 is 0 Å². The van der Waals surface area contributed by atoms with Crippen LogP contribution in [0.5, 0.6) is 0 Å². The monoisotopic (exact) mass is 364 g/mol. The third-order valence-electron chi connectivity index (χ3n) is 4.55. The number of nitrogens with zero attached hydrogens (tertiary/aromatic N) is 3. The lowest BCUT2D eigenvalue weighted by molar-refractivity contribution is 0.208. The maximum absolute atomic E-state index is 13.2. The molecule has 25 heavy (non-hydrogen) atoms. The third-order valence-corrected chi connectivity index (χ3v) is 4.87. The van der Waals surface area contributed by atoms with Crippen LogP contribution in [0.15, 0.2) is 30.6 Å². The van der Waals surface area contributed by atoms with Gasteiger partial charge in [-0.15, -0.1) is 0 Å². The number of benzene rings is 1. The molecule has 3 rings (SSSR count). The number of anilines is 2. The first-order valence-electron chi connectivity index (χ1n) is 8.46. The summed E-state index contributed by atoms with van der Waals surface area (Å²) in [6, 6.07) is 6.15. The Kier molecular flexibility index (Phi) is 5.71. The minimum absolute atomic E-state index is 0.123. The van der Waals surface area contributed by atoms with Crippen molar-refractivity contribution in [2.24, 2.45) is 5.92 Å². The van der Waals surface area contributed by atoms with Crippen molar-refractivity contribution in [1.29, 1.82) is 0 Å². The summed E-state index contributed by atoms with van der Waals surface area (Å²) in [5.41, 5.74) is 0.807. The van der Waals surface area contributed by atoms with Gasteiger partial charge in [0.1, 0.15) is 23.8 Å². The maximum Gasteiger partial charge on any atom is 0.134 e. The first-order valence-corrected chi connectivity index (χ1v) is 8.84. The van der Waals surface area contributed by atoms with E-state index in [9.17, 15) is 9.50 Å². The topological polar surface area (TPSA) is 61.3 Å². The standard InChI is InChI=1S/C18H22ClFN4O/c1-12(15-5-4-14(20)7-16(15)19)23-17-8-18(22-11-21-17)24-6-2-3-13(9-24)10-25/h4-5,7-8,11-13,25H,2-3,6,9-10H2,1H3,(H,21,22,23). The van der Waals surface area contributed by atoms with Crippen LogP contribution in [-0.4, -0.2) is 34.8 Å². The van der Waals surface area contributed by atoms with Crippen LogP contribution in [-0.2, 0) is 0 Å². The van der Waals surface area contributed by atoms with E-state index in [0.29, 0.717) is 10.8 Å². The lowest BCUT2D eigenvalue weighted by Gasteiger charge is -2.32. The Labute approximate surface area is 151 Å². The van der Waals surface area contributed by atoms with E-state index in [4.69, 9.17) is 11.6 Å².